The molecular weight excluding hydrogens is 164 g/mol. The maximum Gasteiger partial charge on any atom is 0.0599 e. The first-order valence-electron chi connectivity index (χ1n) is 5.48. The van der Waals surface area contributed by atoms with E-state index in [4.69, 9.17) is 4.74 Å². The first-order chi connectivity index (χ1) is 6.18. The van der Waals surface area contributed by atoms with Gasteiger partial charge in [0.05, 0.1) is 12.2 Å². The van der Waals surface area contributed by atoms with Gasteiger partial charge in [-0.2, -0.15) is 0 Å². The Morgan fingerprint density at radius 1 is 1.38 bits per heavy atom. The van der Waals surface area contributed by atoms with Crippen molar-refractivity contribution in [2.45, 2.75) is 58.2 Å². The normalized spacial score (nSPS) is 29.5. The van der Waals surface area contributed by atoms with Crippen LogP contribution < -0.4 is 0 Å². The molecule has 1 aliphatic rings. The van der Waals surface area contributed by atoms with E-state index in [9.17, 15) is 5.11 Å². The predicted octanol–water partition coefficient (Wildman–Crippen LogP) is 2.35. The van der Waals surface area contributed by atoms with Gasteiger partial charge in [-0.05, 0) is 38.0 Å². The lowest BCUT2D eigenvalue weighted by atomic mass is 9.95. The van der Waals surface area contributed by atoms with Gasteiger partial charge in [-0.15, -0.1) is 0 Å². The fourth-order valence-electron chi connectivity index (χ4n) is 1.74. The van der Waals surface area contributed by atoms with Gasteiger partial charge in [0.15, 0.2) is 0 Å². The van der Waals surface area contributed by atoms with Gasteiger partial charge in [0.2, 0.25) is 0 Å². The number of aliphatic hydroxyl groups is 1. The molecule has 0 amide bonds. The van der Waals surface area contributed by atoms with Crippen molar-refractivity contribution >= 4 is 0 Å². The standard InChI is InChI=1S/C11H22O2/c1-9(2)6-7-13-11-5-3-4-10(12)8-11/h9-12H,3-8H2,1-2H3. The van der Waals surface area contributed by atoms with E-state index < -0.39 is 0 Å². The molecule has 1 aliphatic carbocycles. The van der Waals surface area contributed by atoms with E-state index in [0.29, 0.717) is 12.0 Å². The molecule has 0 heterocycles. The van der Waals surface area contributed by atoms with Crippen LogP contribution in [0.5, 0.6) is 0 Å². The highest BCUT2D eigenvalue weighted by atomic mass is 16.5. The molecule has 2 nitrogen and oxygen atoms in total. The summed E-state index contributed by atoms with van der Waals surface area (Å²) < 4.78 is 5.70. The Labute approximate surface area is 81.3 Å². The molecule has 0 spiro atoms. The number of rotatable bonds is 4. The van der Waals surface area contributed by atoms with Crippen LogP contribution in [0.25, 0.3) is 0 Å². The van der Waals surface area contributed by atoms with E-state index in [1.807, 2.05) is 0 Å². The van der Waals surface area contributed by atoms with Gasteiger partial charge in [0.25, 0.3) is 0 Å². The molecule has 0 saturated heterocycles. The summed E-state index contributed by atoms with van der Waals surface area (Å²) >= 11 is 0. The highest BCUT2D eigenvalue weighted by molar-refractivity contribution is 4.72. The van der Waals surface area contributed by atoms with Crippen molar-refractivity contribution in [3.05, 3.63) is 0 Å². The third-order valence-electron chi connectivity index (χ3n) is 2.65. The zero-order valence-corrected chi connectivity index (χ0v) is 8.83. The fourth-order valence-corrected chi connectivity index (χ4v) is 1.74. The Kier molecular flexibility index (Phi) is 4.74. The van der Waals surface area contributed by atoms with E-state index in [2.05, 4.69) is 13.8 Å². The highest BCUT2D eigenvalue weighted by Crippen LogP contribution is 2.21. The molecule has 13 heavy (non-hydrogen) atoms. The van der Waals surface area contributed by atoms with Crippen molar-refractivity contribution in [1.29, 1.82) is 0 Å². The Morgan fingerprint density at radius 2 is 2.15 bits per heavy atom. The second-order valence-electron chi connectivity index (χ2n) is 4.50. The molecule has 2 heteroatoms. The van der Waals surface area contributed by atoms with E-state index in [1.165, 1.54) is 0 Å². The van der Waals surface area contributed by atoms with Crippen LogP contribution in [0, 0.1) is 5.92 Å². The molecule has 0 aliphatic heterocycles. The number of ether oxygens (including phenoxy) is 1. The molecule has 0 aromatic carbocycles. The van der Waals surface area contributed by atoms with Crippen LogP contribution >= 0.6 is 0 Å². The Balaban J connectivity index is 2.06. The zero-order valence-electron chi connectivity index (χ0n) is 8.83. The Hall–Kier alpha value is -0.0800. The molecule has 1 N–H and O–H groups in total. The van der Waals surface area contributed by atoms with Crippen LogP contribution in [0.3, 0.4) is 0 Å². The summed E-state index contributed by atoms with van der Waals surface area (Å²) in [5, 5.41) is 9.41. The topological polar surface area (TPSA) is 29.5 Å². The van der Waals surface area contributed by atoms with E-state index in [1.54, 1.807) is 0 Å². The van der Waals surface area contributed by atoms with Crippen LogP contribution in [-0.4, -0.2) is 23.9 Å². The van der Waals surface area contributed by atoms with Crippen molar-refractivity contribution in [2.24, 2.45) is 5.92 Å². The largest absolute Gasteiger partial charge is 0.393 e. The third-order valence-corrected chi connectivity index (χ3v) is 2.65. The van der Waals surface area contributed by atoms with Gasteiger partial charge in [0, 0.05) is 6.61 Å². The lowest BCUT2D eigenvalue weighted by molar-refractivity contribution is -0.0176. The maximum absolute atomic E-state index is 9.41. The SMILES string of the molecule is CC(C)CCOC1CCCC(O)C1. The molecule has 0 bridgehead atoms. The summed E-state index contributed by atoms with van der Waals surface area (Å²) in [7, 11) is 0. The Morgan fingerprint density at radius 3 is 2.77 bits per heavy atom. The average molecular weight is 186 g/mol. The Bertz CT molecular complexity index is 134. The summed E-state index contributed by atoms with van der Waals surface area (Å²) in [5.74, 6) is 0.716. The lowest BCUT2D eigenvalue weighted by Gasteiger charge is -2.26. The molecule has 0 aromatic rings. The summed E-state index contributed by atoms with van der Waals surface area (Å²) in [6.07, 6.45) is 5.40. The molecule has 1 fully saturated rings. The minimum Gasteiger partial charge on any atom is -0.393 e. The molecular formula is C11H22O2. The summed E-state index contributed by atoms with van der Waals surface area (Å²) in [6, 6.07) is 0. The quantitative estimate of drug-likeness (QED) is 0.730. The molecule has 0 aromatic heterocycles. The van der Waals surface area contributed by atoms with Crippen LogP contribution in [0.4, 0.5) is 0 Å². The average Bonchev–Trinajstić information content (AvgIpc) is 2.03. The van der Waals surface area contributed by atoms with E-state index in [0.717, 1.165) is 38.7 Å². The predicted molar refractivity (Wildman–Crippen MR) is 53.7 cm³/mol. The smallest absolute Gasteiger partial charge is 0.0599 e. The van der Waals surface area contributed by atoms with Gasteiger partial charge in [-0.25, -0.2) is 0 Å². The molecule has 78 valence electrons. The van der Waals surface area contributed by atoms with Gasteiger partial charge in [-0.3, -0.25) is 0 Å². The van der Waals surface area contributed by atoms with Crippen LogP contribution in [0.1, 0.15) is 46.0 Å². The van der Waals surface area contributed by atoms with Crippen molar-refractivity contribution in [1.82, 2.24) is 0 Å². The summed E-state index contributed by atoms with van der Waals surface area (Å²) in [6.45, 7) is 5.27. The second kappa shape index (κ2) is 5.61. The minimum absolute atomic E-state index is 0.113. The van der Waals surface area contributed by atoms with E-state index in [-0.39, 0.29) is 6.10 Å². The third kappa shape index (κ3) is 4.63. The molecule has 2 atom stereocenters. The summed E-state index contributed by atoms with van der Waals surface area (Å²) in [4.78, 5) is 0. The maximum atomic E-state index is 9.41. The number of aliphatic hydroxyl groups excluding tert-OH is 1. The van der Waals surface area contributed by atoms with Crippen molar-refractivity contribution in [3.8, 4) is 0 Å². The van der Waals surface area contributed by atoms with E-state index >= 15 is 0 Å². The fraction of sp³-hybridized carbons (Fsp3) is 1.00. The first-order valence-corrected chi connectivity index (χ1v) is 5.48. The monoisotopic (exact) mass is 186 g/mol. The van der Waals surface area contributed by atoms with Crippen molar-refractivity contribution in [3.63, 3.8) is 0 Å². The number of hydrogen-bond donors (Lipinski definition) is 1. The number of hydrogen-bond acceptors (Lipinski definition) is 2. The van der Waals surface area contributed by atoms with Crippen molar-refractivity contribution in [2.75, 3.05) is 6.61 Å². The highest BCUT2D eigenvalue weighted by Gasteiger charge is 2.20. The van der Waals surface area contributed by atoms with Gasteiger partial charge in [-0.1, -0.05) is 13.8 Å². The van der Waals surface area contributed by atoms with Crippen LogP contribution in [0.2, 0.25) is 0 Å². The zero-order chi connectivity index (χ0) is 9.68. The van der Waals surface area contributed by atoms with Crippen LogP contribution in [0.15, 0.2) is 0 Å². The molecule has 0 radical (unpaired) electrons. The summed E-state index contributed by atoms with van der Waals surface area (Å²) in [5.41, 5.74) is 0. The first kappa shape index (κ1) is 11.0. The van der Waals surface area contributed by atoms with Gasteiger partial charge in [0.1, 0.15) is 0 Å². The second-order valence-corrected chi connectivity index (χ2v) is 4.50. The van der Waals surface area contributed by atoms with Crippen molar-refractivity contribution < 1.29 is 9.84 Å². The molecule has 1 saturated carbocycles. The van der Waals surface area contributed by atoms with Gasteiger partial charge < -0.3 is 9.84 Å². The lowest BCUT2D eigenvalue weighted by Crippen LogP contribution is -2.26. The minimum atomic E-state index is -0.113. The molecule has 2 unspecified atom stereocenters. The van der Waals surface area contributed by atoms with Gasteiger partial charge >= 0.3 is 0 Å². The van der Waals surface area contributed by atoms with Crippen LogP contribution in [-0.2, 0) is 4.74 Å². The molecule has 1 rings (SSSR count).